The minimum Gasteiger partial charge on any atom is -0.337 e. The maximum absolute atomic E-state index is 12.2. The second-order valence-electron chi connectivity index (χ2n) is 6.85. The molecule has 1 aromatic carbocycles. The van der Waals surface area contributed by atoms with Crippen LogP contribution in [0.5, 0.6) is 0 Å². The molecule has 1 unspecified atom stereocenters. The van der Waals surface area contributed by atoms with E-state index >= 15 is 0 Å². The van der Waals surface area contributed by atoms with Gasteiger partial charge in [0, 0.05) is 25.6 Å². The van der Waals surface area contributed by atoms with Crippen LogP contribution in [0.15, 0.2) is 30.3 Å². The van der Waals surface area contributed by atoms with E-state index in [0.29, 0.717) is 12.5 Å². The standard InChI is InChI=1S/C19H26N4O/c1-13-7-9-15(10-8-13)14(2)12-20-19(24)21-18-11-17(22-23(18)3)16-5-4-6-16/h7-11,14,16H,4-6,12H2,1-3H3,(H2,20,21,24). The molecule has 0 bridgehead atoms. The molecule has 1 aliphatic carbocycles. The lowest BCUT2D eigenvalue weighted by atomic mass is 9.83. The van der Waals surface area contributed by atoms with E-state index in [2.05, 4.69) is 53.8 Å². The summed E-state index contributed by atoms with van der Waals surface area (Å²) in [5.41, 5.74) is 3.57. The Kier molecular flexibility index (Phi) is 4.88. The number of nitrogens with zero attached hydrogens (tertiary/aromatic N) is 2. The highest BCUT2D eigenvalue weighted by atomic mass is 16.2. The minimum absolute atomic E-state index is 0.183. The molecular weight excluding hydrogens is 300 g/mol. The number of anilines is 1. The van der Waals surface area contributed by atoms with Crippen LogP contribution in [0.3, 0.4) is 0 Å². The quantitative estimate of drug-likeness (QED) is 0.875. The van der Waals surface area contributed by atoms with Crippen LogP contribution in [0.4, 0.5) is 10.6 Å². The van der Waals surface area contributed by atoms with Gasteiger partial charge in [-0.25, -0.2) is 4.79 Å². The lowest BCUT2D eigenvalue weighted by Gasteiger charge is -2.22. The summed E-state index contributed by atoms with van der Waals surface area (Å²) in [6.45, 7) is 4.79. The fraction of sp³-hybridized carbons (Fsp3) is 0.474. The van der Waals surface area contributed by atoms with Crippen molar-refractivity contribution in [2.24, 2.45) is 7.05 Å². The van der Waals surface area contributed by atoms with Crippen LogP contribution in [0, 0.1) is 6.92 Å². The number of benzene rings is 1. The highest BCUT2D eigenvalue weighted by Gasteiger charge is 2.23. The second-order valence-corrected chi connectivity index (χ2v) is 6.85. The smallest absolute Gasteiger partial charge is 0.320 e. The summed E-state index contributed by atoms with van der Waals surface area (Å²) < 4.78 is 1.75. The van der Waals surface area contributed by atoms with Gasteiger partial charge in [0.25, 0.3) is 0 Å². The van der Waals surface area contributed by atoms with Crippen molar-refractivity contribution in [3.8, 4) is 0 Å². The van der Waals surface area contributed by atoms with Gasteiger partial charge < -0.3 is 5.32 Å². The summed E-state index contributed by atoms with van der Waals surface area (Å²) in [6, 6.07) is 10.2. The third-order valence-corrected chi connectivity index (χ3v) is 4.88. The van der Waals surface area contributed by atoms with Crippen molar-refractivity contribution in [2.75, 3.05) is 11.9 Å². The Morgan fingerprint density at radius 3 is 2.67 bits per heavy atom. The average molecular weight is 326 g/mol. The first-order chi connectivity index (χ1) is 11.5. The van der Waals surface area contributed by atoms with Gasteiger partial charge in [-0.3, -0.25) is 10.00 Å². The Morgan fingerprint density at radius 1 is 1.33 bits per heavy atom. The van der Waals surface area contributed by atoms with E-state index < -0.39 is 0 Å². The Hall–Kier alpha value is -2.30. The SMILES string of the molecule is Cc1ccc(C(C)CNC(=O)Nc2cc(C3CCC3)nn2C)cc1. The highest BCUT2D eigenvalue weighted by Crippen LogP contribution is 2.36. The number of aryl methyl sites for hydroxylation is 2. The van der Waals surface area contributed by atoms with E-state index in [1.54, 1.807) is 4.68 Å². The van der Waals surface area contributed by atoms with E-state index in [1.165, 1.54) is 30.4 Å². The molecule has 0 aliphatic heterocycles. The van der Waals surface area contributed by atoms with Gasteiger partial charge in [0.05, 0.1) is 5.69 Å². The lowest BCUT2D eigenvalue weighted by Crippen LogP contribution is -2.32. The topological polar surface area (TPSA) is 59.0 Å². The number of carbonyl (C=O) groups is 1. The van der Waals surface area contributed by atoms with Crippen molar-refractivity contribution >= 4 is 11.8 Å². The van der Waals surface area contributed by atoms with Gasteiger partial charge in [0.2, 0.25) is 0 Å². The second kappa shape index (κ2) is 7.07. The first-order valence-corrected chi connectivity index (χ1v) is 8.68. The number of nitrogens with one attached hydrogen (secondary N) is 2. The molecular formula is C19H26N4O. The molecule has 2 aromatic rings. The maximum atomic E-state index is 12.2. The Labute approximate surface area is 143 Å². The molecule has 128 valence electrons. The summed E-state index contributed by atoms with van der Waals surface area (Å²) in [6.07, 6.45) is 3.69. The number of hydrogen-bond donors (Lipinski definition) is 2. The van der Waals surface area contributed by atoms with Crippen molar-refractivity contribution in [1.29, 1.82) is 0 Å². The Morgan fingerprint density at radius 2 is 2.04 bits per heavy atom. The summed E-state index contributed by atoms with van der Waals surface area (Å²) in [7, 11) is 1.87. The summed E-state index contributed by atoms with van der Waals surface area (Å²) in [4.78, 5) is 12.2. The first kappa shape index (κ1) is 16.6. The van der Waals surface area contributed by atoms with Crippen LogP contribution in [-0.2, 0) is 7.05 Å². The summed E-state index contributed by atoms with van der Waals surface area (Å²) in [5.74, 6) is 1.59. The van der Waals surface area contributed by atoms with Crippen LogP contribution in [0.1, 0.15) is 54.8 Å². The van der Waals surface area contributed by atoms with Crippen LogP contribution >= 0.6 is 0 Å². The lowest BCUT2D eigenvalue weighted by molar-refractivity contribution is 0.251. The number of amides is 2. The molecule has 1 saturated carbocycles. The fourth-order valence-electron chi connectivity index (χ4n) is 2.93. The molecule has 0 spiro atoms. The molecule has 0 radical (unpaired) electrons. The molecule has 0 saturated heterocycles. The van der Waals surface area contributed by atoms with Crippen LogP contribution in [0.2, 0.25) is 0 Å². The molecule has 3 rings (SSSR count). The molecule has 2 N–H and O–H groups in total. The Balaban J connectivity index is 1.52. The zero-order valence-electron chi connectivity index (χ0n) is 14.7. The van der Waals surface area contributed by atoms with Crippen LogP contribution in [-0.4, -0.2) is 22.4 Å². The highest BCUT2D eigenvalue weighted by molar-refractivity contribution is 5.88. The molecule has 24 heavy (non-hydrogen) atoms. The number of aromatic nitrogens is 2. The molecule has 1 heterocycles. The number of rotatable bonds is 5. The average Bonchev–Trinajstić information content (AvgIpc) is 2.84. The van der Waals surface area contributed by atoms with E-state index in [9.17, 15) is 4.79 Å². The van der Waals surface area contributed by atoms with Gasteiger partial charge in [0.15, 0.2) is 0 Å². The van der Waals surface area contributed by atoms with Gasteiger partial charge in [-0.15, -0.1) is 0 Å². The first-order valence-electron chi connectivity index (χ1n) is 8.68. The van der Waals surface area contributed by atoms with Gasteiger partial charge in [0.1, 0.15) is 5.82 Å². The van der Waals surface area contributed by atoms with E-state index in [1.807, 2.05) is 13.1 Å². The van der Waals surface area contributed by atoms with Crippen molar-refractivity contribution in [3.63, 3.8) is 0 Å². The zero-order chi connectivity index (χ0) is 17.1. The van der Waals surface area contributed by atoms with Crippen molar-refractivity contribution in [2.45, 2.75) is 44.9 Å². The largest absolute Gasteiger partial charge is 0.337 e. The summed E-state index contributed by atoms with van der Waals surface area (Å²) >= 11 is 0. The van der Waals surface area contributed by atoms with Crippen molar-refractivity contribution in [3.05, 3.63) is 47.2 Å². The van der Waals surface area contributed by atoms with Crippen LogP contribution < -0.4 is 10.6 Å². The molecule has 1 fully saturated rings. The van der Waals surface area contributed by atoms with Crippen LogP contribution in [0.25, 0.3) is 0 Å². The molecule has 5 heteroatoms. The number of urea groups is 1. The predicted octanol–water partition coefficient (Wildman–Crippen LogP) is 3.92. The monoisotopic (exact) mass is 326 g/mol. The molecule has 1 atom stereocenters. The minimum atomic E-state index is -0.183. The Bertz CT molecular complexity index is 701. The molecule has 2 amide bonds. The summed E-state index contributed by atoms with van der Waals surface area (Å²) in [5, 5.41) is 10.4. The molecule has 5 nitrogen and oxygen atoms in total. The van der Waals surface area contributed by atoms with Gasteiger partial charge in [-0.2, -0.15) is 5.10 Å². The van der Waals surface area contributed by atoms with E-state index in [0.717, 1.165) is 11.5 Å². The maximum Gasteiger partial charge on any atom is 0.320 e. The zero-order valence-corrected chi connectivity index (χ0v) is 14.7. The van der Waals surface area contributed by atoms with Gasteiger partial charge >= 0.3 is 6.03 Å². The van der Waals surface area contributed by atoms with E-state index in [4.69, 9.17) is 0 Å². The van der Waals surface area contributed by atoms with Crippen molar-refractivity contribution < 1.29 is 4.79 Å². The molecule has 1 aliphatic rings. The molecule has 1 aromatic heterocycles. The number of hydrogen-bond acceptors (Lipinski definition) is 2. The van der Waals surface area contributed by atoms with E-state index in [-0.39, 0.29) is 11.9 Å². The fourth-order valence-corrected chi connectivity index (χ4v) is 2.93. The third kappa shape index (κ3) is 3.78. The van der Waals surface area contributed by atoms with Gasteiger partial charge in [-0.05, 0) is 31.2 Å². The predicted molar refractivity (Wildman–Crippen MR) is 96.4 cm³/mol. The van der Waals surface area contributed by atoms with Crippen molar-refractivity contribution in [1.82, 2.24) is 15.1 Å². The number of carbonyl (C=O) groups excluding carboxylic acids is 1. The third-order valence-electron chi connectivity index (χ3n) is 4.88. The normalized spacial score (nSPS) is 15.6. The van der Waals surface area contributed by atoms with Gasteiger partial charge in [-0.1, -0.05) is 43.2 Å².